The molecule has 0 spiro atoms. The van der Waals surface area contributed by atoms with E-state index in [0.29, 0.717) is 18.2 Å². The summed E-state index contributed by atoms with van der Waals surface area (Å²) in [6, 6.07) is 3.70. The minimum atomic E-state index is -0.612. The molecule has 0 aromatic carbocycles. The number of carbonyl (C=O) groups is 2. The second-order valence-electron chi connectivity index (χ2n) is 7.70. The summed E-state index contributed by atoms with van der Waals surface area (Å²) in [7, 11) is 0. The molecule has 3 fully saturated rings. The third-order valence-corrected chi connectivity index (χ3v) is 6.05. The van der Waals surface area contributed by atoms with Crippen molar-refractivity contribution in [2.45, 2.75) is 38.5 Å². The molecule has 4 rings (SSSR count). The van der Waals surface area contributed by atoms with Gasteiger partial charge in [0.1, 0.15) is 5.82 Å². The van der Waals surface area contributed by atoms with Gasteiger partial charge in [-0.1, -0.05) is 6.42 Å². The molecule has 0 unspecified atom stereocenters. The summed E-state index contributed by atoms with van der Waals surface area (Å²) in [6.45, 7) is 2.69. The standard InChI is InChI=1S/C19H26N4O2/c24-18(21-11-15-10-13-3-4-14(15)9-13)19(25)22-16-5-6-17(20-12-16)23-7-1-2-8-23/h5-6,12-15H,1-4,7-11H2,(H,21,24)(H,22,25)/t13-,14-,15+/m0/s1. The van der Waals surface area contributed by atoms with Crippen molar-refractivity contribution in [3.8, 4) is 0 Å². The van der Waals surface area contributed by atoms with Crippen molar-refractivity contribution < 1.29 is 9.59 Å². The molecule has 2 aliphatic carbocycles. The summed E-state index contributed by atoms with van der Waals surface area (Å²) in [4.78, 5) is 30.7. The highest BCUT2D eigenvalue weighted by molar-refractivity contribution is 6.39. The number of hydrogen-bond acceptors (Lipinski definition) is 4. The second-order valence-corrected chi connectivity index (χ2v) is 7.70. The summed E-state index contributed by atoms with van der Waals surface area (Å²) in [5.74, 6) is 1.91. The largest absolute Gasteiger partial charge is 0.357 e. The van der Waals surface area contributed by atoms with Crippen LogP contribution < -0.4 is 15.5 Å². The fourth-order valence-corrected chi connectivity index (χ4v) is 4.71. The van der Waals surface area contributed by atoms with Gasteiger partial charge >= 0.3 is 11.8 Å². The van der Waals surface area contributed by atoms with Crippen molar-refractivity contribution in [2.75, 3.05) is 29.9 Å². The molecule has 25 heavy (non-hydrogen) atoms. The predicted molar refractivity (Wildman–Crippen MR) is 96.3 cm³/mol. The first-order chi connectivity index (χ1) is 12.2. The molecule has 2 bridgehead atoms. The van der Waals surface area contributed by atoms with Crippen LogP contribution in [-0.4, -0.2) is 36.4 Å². The Labute approximate surface area is 148 Å². The van der Waals surface area contributed by atoms with Crippen LogP contribution in [0.15, 0.2) is 18.3 Å². The molecule has 3 atom stereocenters. The SMILES string of the molecule is O=C(NC[C@H]1C[C@H]2CC[C@H]1C2)C(=O)Nc1ccc(N2CCCC2)nc1. The van der Waals surface area contributed by atoms with Crippen LogP contribution in [0, 0.1) is 17.8 Å². The first-order valence-electron chi connectivity index (χ1n) is 9.49. The Morgan fingerprint density at radius 2 is 1.96 bits per heavy atom. The van der Waals surface area contributed by atoms with E-state index in [9.17, 15) is 9.59 Å². The first-order valence-corrected chi connectivity index (χ1v) is 9.49. The van der Waals surface area contributed by atoms with E-state index in [4.69, 9.17) is 0 Å². The van der Waals surface area contributed by atoms with Gasteiger partial charge in [0.15, 0.2) is 0 Å². The normalized spacial score (nSPS) is 27.5. The Kier molecular flexibility index (Phi) is 4.59. The van der Waals surface area contributed by atoms with E-state index in [1.165, 1.54) is 38.5 Å². The molecular formula is C19H26N4O2. The number of aromatic nitrogens is 1. The zero-order valence-corrected chi connectivity index (χ0v) is 14.5. The highest BCUT2D eigenvalue weighted by Gasteiger charge is 2.39. The van der Waals surface area contributed by atoms with E-state index in [2.05, 4.69) is 20.5 Å². The lowest BCUT2D eigenvalue weighted by Crippen LogP contribution is -2.39. The van der Waals surface area contributed by atoms with Crippen molar-refractivity contribution in [1.82, 2.24) is 10.3 Å². The number of rotatable bonds is 4. The molecule has 1 aromatic heterocycles. The number of anilines is 2. The topological polar surface area (TPSA) is 74.3 Å². The van der Waals surface area contributed by atoms with Crippen LogP contribution in [-0.2, 0) is 9.59 Å². The lowest BCUT2D eigenvalue weighted by atomic mass is 9.89. The molecule has 1 saturated heterocycles. The van der Waals surface area contributed by atoms with Gasteiger partial charge in [0.05, 0.1) is 11.9 Å². The van der Waals surface area contributed by atoms with E-state index in [1.54, 1.807) is 6.20 Å². The molecule has 1 aromatic rings. The van der Waals surface area contributed by atoms with Crippen molar-refractivity contribution in [2.24, 2.45) is 17.8 Å². The summed E-state index contributed by atoms with van der Waals surface area (Å²) < 4.78 is 0. The van der Waals surface area contributed by atoms with Gasteiger partial charge in [-0.25, -0.2) is 4.98 Å². The summed E-state index contributed by atoms with van der Waals surface area (Å²) in [5.41, 5.74) is 0.558. The van der Waals surface area contributed by atoms with Crippen molar-refractivity contribution in [3.63, 3.8) is 0 Å². The lowest BCUT2D eigenvalue weighted by Gasteiger charge is -2.21. The maximum Gasteiger partial charge on any atom is 0.313 e. The molecule has 6 heteroatoms. The quantitative estimate of drug-likeness (QED) is 0.823. The monoisotopic (exact) mass is 342 g/mol. The maximum atomic E-state index is 12.1. The average molecular weight is 342 g/mol. The molecule has 2 amide bonds. The molecule has 1 aliphatic heterocycles. The highest BCUT2D eigenvalue weighted by atomic mass is 16.2. The van der Waals surface area contributed by atoms with Crippen LogP contribution in [0.4, 0.5) is 11.5 Å². The van der Waals surface area contributed by atoms with Gasteiger partial charge in [0.25, 0.3) is 0 Å². The Hall–Kier alpha value is -2.11. The molecule has 2 heterocycles. The zero-order chi connectivity index (χ0) is 17.2. The smallest absolute Gasteiger partial charge is 0.313 e. The number of fused-ring (bicyclic) bond motifs is 2. The molecule has 134 valence electrons. The fourth-order valence-electron chi connectivity index (χ4n) is 4.71. The van der Waals surface area contributed by atoms with Gasteiger partial charge in [-0.3, -0.25) is 9.59 Å². The second kappa shape index (κ2) is 7.02. The van der Waals surface area contributed by atoms with Crippen LogP contribution >= 0.6 is 0 Å². The van der Waals surface area contributed by atoms with Gasteiger partial charge in [-0.05, 0) is 62.0 Å². The molecule has 2 saturated carbocycles. The average Bonchev–Trinajstić information content (AvgIpc) is 3.37. The van der Waals surface area contributed by atoms with Crippen molar-refractivity contribution >= 4 is 23.3 Å². The highest BCUT2D eigenvalue weighted by Crippen LogP contribution is 2.47. The third-order valence-electron chi connectivity index (χ3n) is 6.05. The van der Waals surface area contributed by atoms with E-state index >= 15 is 0 Å². The van der Waals surface area contributed by atoms with Crippen LogP contribution in [0.3, 0.4) is 0 Å². The number of amides is 2. The Bertz CT molecular complexity index is 639. The number of pyridine rings is 1. The first kappa shape index (κ1) is 16.4. The molecule has 2 N–H and O–H groups in total. The van der Waals surface area contributed by atoms with E-state index in [1.807, 2.05) is 12.1 Å². The van der Waals surface area contributed by atoms with E-state index in [-0.39, 0.29) is 0 Å². The summed E-state index contributed by atoms with van der Waals surface area (Å²) in [5, 5.41) is 5.44. The zero-order valence-electron chi connectivity index (χ0n) is 14.5. The van der Waals surface area contributed by atoms with Gasteiger partial charge < -0.3 is 15.5 Å². The van der Waals surface area contributed by atoms with E-state index < -0.39 is 11.8 Å². The molecule has 6 nitrogen and oxygen atoms in total. The summed E-state index contributed by atoms with van der Waals surface area (Å²) in [6.07, 6.45) is 9.15. The number of carbonyl (C=O) groups excluding carboxylic acids is 2. The fraction of sp³-hybridized carbons (Fsp3) is 0.632. The van der Waals surface area contributed by atoms with Crippen LogP contribution in [0.2, 0.25) is 0 Å². The van der Waals surface area contributed by atoms with Crippen molar-refractivity contribution in [1.29, 1.82) is 0 Å². The Morgan fingerprint density at radius 1 is 1.12 bits per heavy atom. The van der Waals surface area contributed by atoms with Gasteiger partial charge in [0, 0.05) is 19.6 Å². The number of hydrogen-bond donors (Lipinski definition) is 2. The van der Waals surface area contributed by atoms with Crippen LogP contribution in [0.5, 0.6) is 0 Å². The van der Waals surface area contributed by atoms with Gasteiger partial charge in [-0.15, -0.1) is 0 Å². The van der Waals surface area contributed by atoms with Gasteiger partial charge in [0.2, 0.25) is 0 Å². The Balaban J connectivity index is 1.25. The summed E-state index contributed by atoms with van der Waals surface area (Å²) >= 11 is 0. The van der Waals surface area contributed by atoms with E-state index in [0.717, 1.165) is 30.7 Å². The molecular weight excluding hydrogens is 316 g/mol. The Morgan fingerprint density at radius 3 is 2.60 bits per heavy atom. The number of nitrogens with one attached hydrogen (secondary N) is 2. The van der Waals surface area contributed by atoms with Crippen LogP contribution in [0.25, 0.3) is 0 Å². The third kappa shape index (κ3) is 3.62. The molecule has 3 aliphatic rings. The minimum Gasteiger partial charge on any atom is -0.357 e. The predicted octanol–water partition coefficient (Wildman–Crippen LogP) is 2.17. The number of nitrogens with zero attached hydrogens (tertiary/aromatic N) is 2. The maximum absolute atomic E-state index is 12.1. The molecule has 0 radical (unpaired) electrons. The lowest BCUT2D eigenvalue weighted by molar-refractivity contribution is -0.136. The van der Waals surface area contributed by atoms with Crippen LogP contribution in [0.1, 0.15) is 38.5 Å². The van der Waals surface area contributed by atoms with Crippen molar-refractivity contribution in [3.05, 3.63) is 18.3 Å². The van der Waals surface area contributed by atoms with Gasteiger partial charge in [-0.2, -0.15) is 0 Å². The minimum absolute atomic E-state index is 0.550.